The highest BCUT2D eigenvalue weighted by Crippen LogP contribution is 2.42. The van der Waals surface area contributed by atoms with Gasteiger partial charge in [-0.25, -0.2) is 0 Å². The maximum absolute atomic E-state index is 8.46. The summed E-state index contributed by atoms with van der Waals surface area (Å²) in [6.45, 7) is 4.24. The van der Waals surface area contributed by atoms with Crippen LogP contribution < -0.4 is 0 Å². The molecular weight excluding hydrogens is 186 g/mol. The third-order valence-electron chi connectivity index (χ3n) is 0.998. The van der Waals surface area contributed by atoms with Gasteiger partial charge in [0.25, 0.3) is 0 Å². The summed E-state index contributed by atoms with van der Waals surface area (Å²) in [6.07, 6.45) is 0. The topological polar surface area (TPSA) is 32.6 Å². The van der Waals surface area contributed by atoms with Gasteiger partial charge in [-0.3, -0.25) is 0 Å². The molecule has 5 heteroatoms. The Morgan fingerprint density at radius 3 is 2.20 bits per heavy atom. The molecule has 58 valence electrons. The van der Waals surface area contributed by atoms with Crippen molar-refractivity contribution in [1.82, 2.24) is 0 Å². The highest BCUT2D eigenvalue weighted by molar-refractivity contribution is 8.48. The van der Waals surface area contributed by atoms with Crippen molar-refractivity contribution in [3.8, 4) is 0 Å². The zero-order valence-corrected chi connectivity index (χ0v) is 8.22. The minimum Gasteiger partial charge on any atom is -0.410 e. The Hall–Kier alpha value is 0.520. The molecule has 1 aliphatic heterocycles. The minimum atomic E-state index is 0.516. The van der Waals surface area contributed by atoms with Crippen molar-refractivity contribution in [3.05, 3.63) is 0 Å². The van der Waals surface area contributed by atoms with Gasteiger partial charge in [-0.05, 0) is 13.8 Å². The summed E-state index contributed by atoms with van der Waals surface area (Å²) in [5.74, 6) is 0. The monoisotopic (exact) mass is 195 g/mol. The standard InChI is InChI=1S/C5H9NOS3/c1-3-8-4(2)10-5(6-7)9-3/h3-4,7H,1-2H3. The van der Waals surface area contributed by atoms with E-state index in [-0.39, 0.29) is 0 Å². The maximum atomic E-state index is 8.46. The summed E-state index contributed by atoms with van der Waals surface area (Å²) < 4.78 is 1.82. The molecule has 0 aromatic rings. The lowest BCUT2D eigenvalue weighted by molar-refractivity contribution is 0.322. The second kappa shape index (κ2) is 3.78. The molecular formula is C5H9NOS3. The molecule has 1 fully saturated rings. The van der Waals surface area contributed by atoms with Gasteiger partial charge in [0.1, 0.15) is 0 Å². The summed E-state index contributed by atoms with van der Waals surface area (Å²) in [7, 11) is 0. The predicted octanol–water partition coefficient (Wildman–Crippen LogP) is 2.64. The Morgan fingerprint density at radius 1 is 1.30 bits per heavy atom. The first-order valence-corrected chi connectivity index (χ1v) is 5.63. The summed E-state index contributed by atoms with van der Waals surface area (Å²) in [4.78, 5) is 0. The van der Waals surface area contributed by atoms with E-state index in [1.807, 2.05) is 11.8 Å². The Morgan fingerprint density at radius 2 is 1.80 bits per heavy atom. The molecule has 1 saturated heterocycles. The molecule has 0 saturated carbocycles. The Labute approximate surface area is 73.2 Å². The van der Waals surface area contributed by atoms with Gasteiger partial charge in [-0.1, -0.05) is 28.7 Å². The molecule has 0 aromatic carbocycles. The number of hydrogen-bond acceptors (Lipinski definition) is 5. The molecule has 1 rings (SSSR count). The Balaban J connectivity index is 2.51. The fourth-order valence-electron chi connectivity index (χ4n) is 0.684. The molecule has 2 unspecified atom stereocenters. The van der Waals surface area contributed by atoms with E-state index in [1.165, 1.54) is 0 Å². The minimum absolute atomic E-state index is 0.516. The van der Waals surface area contributed by atoms with Crippen LogP contribution in [0.5, 0.6) is 0 Å². The second-order valence-electron chi connectivity index (χ2n) is 1.87. The van der Waals surface area contributed by atoms with Gasteiger partial charge in [-0.15, -0.1) is 11.8 Å². The van der Waals surface area contributed by atoms with E-state index in [0.717, 1.165) is 4.38 Å². The van der Waals surface area contributed by atoms with E-state index in [4.69, 9.17) is 5.21 Å². The van der Waals surface area contributed by atoms with Crippen LogP contribution in [0.3, 0.4) is 0 Å². The molecule has 0 spiro atoms. The lowest BCUT2D eigenvalue weighted by Gasteiger charge is -2.22. The average Bonchev–Trinajstić information content (AvgIpc) is 1.85. The maximum Gasteiger partial charge on any atom is 0.171 e. The molecule has 0 aromatic heterocycles. The Kier molecular flexibility index (Phi) is 3.26. The number of nitrogens with zero attached hydrogens (tertiary/aromatic N) is 1. The molecule has 0 aliphatic carbocycles. The van der Waals surface area contributed by atoms with Gasteiger partial charge in [0.2, 0.25) is 0 Å². The van der Waals surface area contributed by atoms with Crippen LogP contribution in [-0.4, -0.2) is 18.7 Å². The second-order valence-corrected chi connectivity index (χ2v) is 7.07. The van der Waals surface area contributed by atoms with Gasteiger partial charge in [0.15, 0.2) is 4.38 Å². The molecule has 2 atom stereocenters. The first kappa shape index (κ1) is 8.62. The van der Waals surface area contributed by atoms with Crippen molar-refractivity contribution in [3.63, 3.8) is 0 Å². The van der Waals surface area contributed by atoms with Crippen molar-refractivity contribution >= 4 is 39.7 Å². The van der Waals surface area contributed by atoms with Gasteiger partial charge in [0.05, 0.1) is 9.16 Å². The molecule has 2 nitrogen and oxygen atoms in total. The van der Waals surface area contributed by atoms with Crippen molar-refractivity contribution in [2.24, 2.45) is 5.16 Å². The van der Waals surface area contributed by atoms with Crippen LogP contribution >= 0.6 is 35.3 Å². The SMILES string of the molecule is CC1SC(=NO)SC(C)S1. The third kappa shape index (κ3) is 2.29. The fraction of sp³-hybridized carbons (Fsp3) is 0.800. The van der Waals surface area contributed by atoms with E-state index in [0.29, 0.717) is 9.16 Å². The number of rotatable bonds is 0. The zero-order valence-electron chi connectivity index (χ0n) is 5.77. The first-order chi connectivity index (χ1) is 4.72. The molecule has 10 heavy (non-hydrogen) atoms. The quantitative estimate of drug-likeness (QED) is 0.476. The van der Waals surface area contributed by atoms with Crippen LogP contribution in [0.25, 0.3) is 0 Å². The number of thioether (sulfide) groups is 3. The zero-order chi connectivity index (χ0) is 7.56. The third-order valence-corrected chi connectivity index (χ3v) is 4.82. The van der Waals surface area contributed by atoms with Crippen molar-refractivity contribution in [2.75, 3.05) is 0 Å². The van der Waals surface area contributed by atoms with Gasteiger partial charge >= 0.3 is 0 Å². The van der Waals surface area contributed by atoms with E-state index >= 15 is 0 Å². The van der Waals surface area contributed by atoms with Crippen molar-refractivity contribution in [2.45, 2.75) is 23.0 Å². The van der Waals surface area contributed by atoms with E-state index in [2.05, 4.69) is 19.0 Å². The summed E-state index contributed by atoms with van der Waals surface area (Å²) >= 11 is 5.13. The normalized spacial score (nSPS) is 34.0. The van der Waals surface area contributed by atoms with Crippen LogP contribution in [0, 0.1) is 0 Å². The first-order valence-electron chi connectivity index (χ1n) is 2.93. The van der Waals surface area contributed by atoms with E-state index in [1.54, 1.807) is 23.5 Å². The highest BCUT2D eigenvalue weighted by Gasteiger charge is 2.22. The number of oxime groups is 1. The molecule has 1 N–H and O–H groups in total. The van der Waals surface area contributed by atoms with E-state index in [9.17, 15) is 0 Å². The van der Waals surface area contributed by atoms with Gasteiger partial charge in [-0.2, -0.15) is 0 Å². The van der Waals surface area contributed by atoms with Crippen molar-refractivity contribution in [1.29, 1.82) is 0 Å². The lowest BCUT2D eigenvalue weighted by atomic mass is 10.9. The highest BCUT2D eigenvalue weighted by atomic mass is 32.3. The van der Waals surface area contributed by atoms with Crippen molar-refractivity contribution < 1.29 is 5.21 Å². The smallest absolute Gasteiger partial charge is 0.171 e. The van der Waals surface area contributed by atoms with Gasteiger partial charge < -0.3 is 5.21 Å². The van der Waals surface area contributed by atoms with Gasteiger partial charge in [0, 0.05) is 0 Å². The van der Waals surface area contributed by atoms with Crippen LogP contribution in [0.4, 0.5) is 0 Å². The largest absolute Gasteiger partial charge is 0.410 e. The fourth-order valence-corrected chi connectivity index (χ4v) is 5.54. The average molecular weight is 195 g/mol. The van der Waals surface area contributed by atoms with Crippen LogP contribution in [-0.2, 0) is 0 Å². The predicted molar refractivity (Wildman–Crippen MR) is 50.9 cm³/mol. The van der Waals surface area contributed by atoms with Crippen LogP contribution in [0.1, 0.15) is 13.8 Å². The molecule has 0 amide bonds. The molecule has 0 bridgehead atoms. The van der Waals surface area contributed by atoms with Crippen LogP contribution in [0.2, 0.25) is 0 Å². The lowest BCUT2D eigenvalue weighted by Crippen LogP contribution is -2.09. The molecule has 0 radical (unpaired) electrons. The molecule has 1 heterocycles. The Bertz CT molecular complexity index is 138. The summed E-state index contributed by atoms with van der Waals surface area (Å²) in [5, 5.41) is 11.6. The summed E-state index contributed by atoms with van der Waals surface area (Å²) in [6, 6.07) is 0. The van der Waals surface area contributed by atoms with Crippen LogP contribution in [0.15, 0.2) is 5.16 Å². The van der Waals surface area contributed by atoms with E-state index < -0.39 is 0 Å². The summed E-state index contributed by atoms with van der Waals surface area (Å²) in [5.41, 5.74) is 0. The molecule has 1 aliphatic rings. The number of hydrogen-bond donors (Lipinski definition) is 1.